The Morgan fingerprint density at radius 1 is 1.00 bits per heavy atom. The third-order valence-corrected chi connectivity index (χ3v) is 6.17. The van der Waals surface area contributed by atoms with Gasteiger partial charge in [-0.15, -0.1) is 10.2 Å². The summed E-state index contributed by atoms with van der Waals surface area (Å²) in [6.07, 6.45) is 3.89. The number of H-pyrrole nitrogens is 1. The van der Waals surface area contributed by atoms with Crippen molar-refractivity contribution in [1.29, 1.82) is 0 Å². The maximum absolute atomic E-state index is 13.4. The van der Waals surface area contributed by atoms with E-state index in [0.29, 0.717) is 23.9 Å². The SMILES string of the molecule is CC(C)n1cnnc1-c1cccc(N2Cc3ccc(-c4ccc5cc[nH]c5c4)cc3C2=O)n1.O=C=O. The topological polar surface area (TPSA) is 114 Å². The van der Waals surface area contributed by atoms with Gasteiger partial charge in [-0.05, 0) is 66.3 Å². The molecule has 0 atom stereocenters. The lowest BCUT2D eigenvalue weighted by Gasteiger charge is -2.16. The molecule has 0 unspecified atom stereocenters. The van der Waals surface area contributed by atoms with Crippen LogP contribution in [0.5, 0.6) is 0 Å². The fourth-order valence-corrected chi connectivity index (χ4v) is 4.39. The standard InChI is InChI=1S/C26H22N6O.CO2/c1-16(2)32-15-28-30-25(32)22-4-3-5-24(29-22)31-14-20-9-8-18(12-21(20)26(31)33)19-7-6-17-10-11-27-23(17)13-19;2-1-3/h3-13,15-16,27H,14H2,1-2H3;. The van der Waals surface area contributed by atoms with E-state index in [4.69, 9.17) is 14.6 Å². The van der Waals surface area contributed by atoms with Gasteiger partial charge in [0.1, 0.15) is 17.8 Å². The zero-order chi connectivity index (χ0) is 25.2. The molecule has 36 heavy (non-hydrogen) atoms. The largest absolute Gasteiger partial charge is 0.373 e. The minimum Gasteiger partial charge on any atom is -0.361 e. The second kappa shape index (κ2) is 9.40. The van der Waals surface area contributed by atoms with Crippen LogP contribution in [-0.4, -0.2) is 36.8 Å². The number of aromatic nitrogens is 5. The van der Waals surface area contributed by atoms with E-state index in [2.05, 4.69) is 53.3 Å². The second-order valence-corrected chi connectivity index (χ2v) is 8.66. The average molecular weight is 479 g/mol. The molecule has 0 aliphatic carbocycles. The Balaban J connectivity index is 0.000000848. The summed E-state index contributed by atoms with van der Waals surface area (Å²) in [6.45, 7) is 4.64. The predicted molar refractivity (Wildman–Crippen MR) is 133 cm³/mol. The predicted octanol–water partition coefficient (Wildman–Crippen LogP) is 4.65. The van der Waals surface area contributed by atoms with Gasteiger partial charge in [-0.1, -0.05) is 30.3 Å². The number of fused-ring (bicyclic) bond motifs is 2. The molecule has 9 nitrogen and oxygen atoms in total. The number of pyridine rings is 1. The van der Waals surface area contributed by atoms with Crippen LogP contribution >= 0.6 is 0 Å². The number of carbonyl (C=O) groups is 1. The van der Waals surface area contributed by atoms with E-state index in [9.17, 15) is 4.79 Å². The van der Waals surface area contributed by atoms with Crippen molar-refractivity contribution in [2.75, 3.05) is 4.90 Å². The molecule has 1 N–H and O–H groups in total. The molecule has 3 aromatic heterocycles. The summed E-state index contributed by atoms with van der Waals surface area (Å²) in [5, 5.41) is 9.45. The van der Waals surface area contributed by atoms with Crippen LogP contribution < -0.4 is 4.90 Å². The molecule has 6 rings (SSSR count). The molecule has 178 valence electrons. The molecule has 0 spiro atoms. The minimum absolute atomic E-state index is 0.0391. The van der Waals surface area contributed by atoms with Gasteiger partial charge in [0.15, 0.2) is 5.82 Å². The number of anilines is 1. The maximum atomic E-state index is 13.4. The summed E-state index contributed by atoms with van der Waals surface area (Å²) in [4.78, 5) is 39.4. The zero-order valence-electron chi connectivity index (χ0n) is 19.7. The summed E-state index contributed by atoms with van der Waals surface area (Å²) in [6, 6.07) is 20.3. The minimum atomic E-state index is -0.0391. The Bertz CT molecular complexity index is 1610. The fourth-order valence-electron chi connectivity index (χ4n) is 4.39. The first-order valence-electron chi connectivity index (χ1n) is 11.4. The van der Waals surface area contributed by atoms with Crippen molar-refractivity contribution in [2.45, 2.75) is 26.4 Å². The molecular weight excluding hydrogens is 456 g/mol. The quantitative estimate of drug-likeness (QED) is 0.402. The number of hydrogen-bond donors (Lipinski definition) is 1. The van der Waals surface area contributed by atoms with Crippen molar-refractivity contribution in [1.82, 2.24) is 24.7 Å². The Hall–Kier alpha value is -4.88. The van der Waals surface area contributed by atoms with Crippen molar-refractivity contribution >= 4 is 28.8 Å². The van der Waals surface area contributed by atoms with Crippen LogP contribution in [0.1, 0.15) is 35.8 Å². The van der Waals surface area contributed by atoms with Gasteiger partial charge in [0.25, 0.3) is 5.91 Å². The lowest BCUT2D eigenvalue weighted by molar-refractivity contribution is -0.191. The molecule has 0 fully saturated rings. The van der Waals surface area contributed by atoms with Crippen LogP contribution in [0.25, 0.3) is 33.5 Å². The van der Waals surface area contributed by atoms with Crippen molar-refractivity contribution in [2.24, 2.45) is 0 Å². The van der Waals surface area contributed by atoms with Gasteiger partial charge in [0.2, 0.25) is 0 Å². The van der Waals surface area contributed by atoms with Crippen LogP contribution in [0.15, 0.2) is 73.2 Å². The Labute approximate surface area is 206 Å². The fraction of sp³-hybridized carbons (Fsp3) is 0.148. The van der Waals surface area contributed by atoms with E-state index in [0.717, 1.165) is 27.8 Å². The molecule has 5 aromatic rings. The van der Waals surface area contributed by atoms with E-state index >= 15 is 0 Å². The molecule has 0 saturated carbocycles. The van der Waals surface area contributed by atoms with Gasteiger partial charge in [-0.2, -0.15) is 9.59 Å². The normalized spacial score (nSPS) is 12.4. The van der Waals surface area contributed by atoms with Crippen molar-refractivity contribution in [3.63, 3.8) is 0 Å². The van der Waals surface area contributed by atoms with E-state index in [1.165, 1.54) is 5.39 Å². The Morgan fingerprint density at radius 3 is 2.58 bits per heavy atom. The van der Waals surface area contributed by atoms with Crippen LogP contribution in [0, 0.1) is 0 Å². The molecular formula is C27H22N6O3. The summed E-state index contributed by atoms with van der Waals surface area (Å²) in [5.41, 5.74) is 5.59. The average Bonchev–Trinajstić information content (AvgIpc) is 3.63. The molecule has 0 bridgehead atoms. The van der Waals surface area contributed by atoms with Gasteiger partial charge in [0.05, 0.1) is 6.54 Å². The van der Waals surface area contributed by atoms with E-state index in [1.807, 2.05) is 47.2 Å². The van der Waals surface area contributed by atoms with Crippen molar-refractivity contribution < 1.29 is 14.4 Å². The highest BCUT2D eigenvalue weighted by atomic mass is 16.2. The van der Waals surface area contributed by atoms with E-state index in [1.54, 1.807) is 11.2 Å². The van der Waals surface area contributed by atoms with Gasteiger partial charge >= 0.3 is 6.15 Å². The zero-order valence-corrected chi connectivity index (χ0v) is 19.7. The highest BCUT2D eigenvalue weighted by Gasteiger charge is 2.30. The second-order valence-electron chi connectivity index (χ2n) is 8.66. The Morgan fingerprint density at radius 2 is 1.78 bits per heavy atom. The number of amides is 1. The van der Waals surface area contributed by atoms with Gasteiger partial charge in [0, 0.05) is 23.3 Å². The van der Waals surface area contributed by atoms with Crippen LogP contribution in [-0.2, 0) is 16.1 Å². The van der Waals surface area contributed by atoms with Crippen LogP contribution in [0.4, 0.5) is 5.82 Å². The molecule has 0 saturated heterocycles. The van der Waals surface area contributed by atoms with Crippen LogP contribution in [0.3, 0.4) is 0 Å². The first-order valence-corrected chi connectivity index (χ1v) is 11.4. The summed E-state index contributed by atoms with van der Waals surface area (Å²) in [5.74, 6) is 1.27. The number of carbonyl (C=O) groups excluding carboxylic acids is 3. The monoisotopic (exact) mass is 478 g/mol. The number of rotatable bonds is 4. The molecule has 0 radical (unpaired) electrons. The number of nitrogens with zero attached hydrogens (tertiary/aromatic N) is 5. The van der Waals surface area contributed by atoms with Crippen LogP contribution in [0.2, 0.25) is 0 Å². The summed E-state index contributed by atoms with van der Waals surface area (Å²) >= 11 is 0. The molecule has 2 aromatic carbocycles. The highest BCUT2D eigenvalue weighted by Crippen LogP contribution is 2.32. The first kappa shape index (κ1) is 22.9. The third kappa shape index (κ3) is 4.08. The summed E-state index contributed by atoms with van der Waals surface area (Å²) in [7, 11) is 0. The number of benzene rings is 2. The van der Waals surface area contributed by atoms with E-state index in [-0.39, 0.29) is 18.1 Å². The smallest absolute Gasteiger partial charge is 0.361 e. The molecule has 4 heterocycles. The number of aromatic amines is 1. The highest BCUT2D eigenvalue weighted by molar-refractivity contribution is 6.10. The van der Waals surface area contributed by atoms with Crippen molar-refractivity contribution in [3.8, 4) is 22.6 Å². The molecule has 1 aliphatic heterocycles. The molecule has 1 aliphatic rings. The lowest BCUT2D eigenvalue weighted by atomic mass is 10.00. The van der Waals surface area contributed by atoms with Gasteiger partial charge in [-0.3, -0.25) is 9.69 Å². The Kier molecular flexibility index (Phi) is 5.98. The van der Waals surface area contributed by atoms with E-state index < -0.39 is 0 Å². The molecule has 1 amide bonds. The maximum Gasteiger partial charge on any atom is 0.373 e. The number of hydrogen-bond acceptors (Lipinski definition) is 6. The third-order valence-electron chi connectivity index (χ3n) is 6.17. The lowest BCUT2D eigenvalue weighted by Crippen LogP contribution is -2.24. The van der Waals surface area contributed by atoms with Gasteiger partial charge in [-0.25, -0.2) is 4.98 Å². The molecule has 9 heteroatoms. The van der Waals surface area contributed by atoms with Gasteiger partial charge < -0.3 is 9.55 Å². The summed E-state index contributed by atoms with van der Waals surface area (Å²) < 4.78 is 1.97. The number of nitrogens with one attached hydrogen (secondary N) is 1. The first-order chi connectivity index (χ1) is 17.5. The van der Waals surface area contributed by atoms with Crippen molar-refractivity contribution in [3.05, 3.63) is 84.3 Å².